The molecule has 11 heteroatoms. The zero-order valence-corrected chi connectivity index (χ0v) is 9.14. The first-order chi connectivity index (χ1) is 8.71. The molecule has 0 fully saturated rings. The molecule has 2 heterocycles. The fourth-order valence-corrected chi connectivity index (χ4v) is 1.78. The second-order valence-corrected chi connectivity index (χ2v) is 3.84. The summed E-state index contributed by atoms with van der Waals surface area (Å²) in [5.74, 6) is -4.03. The largest absolute Gasteiger partial charge is 0.480 e. The molecule has 1 amide bonds. The molecule has 0 saturated carbocycles. The van der Waals surface area contributed by atoms with Crippen LogP contribution in [0.5, 0.6) is 0 Å². The fraction of sp³-hybridized carbons (Fsp3) is 0.500. The van der Waals surface area contributed by atoms with E-state index in [-0.39, 0.29) is 10.7 Å². The van der Waals surface area contributed by atoms with Gasteiger partial charge in [0.25, 0.3) is 0 Å². The van der Waals surface area contributed by atoms with Gasteiger partial charge in [0.05, 0.1) is 13.1 Å². The quantitative estimate of drug-likeness (QED) is 0.681. The van der Waals surface area contributed by atoms with Gasteiger partial charge in [-0.25, -0.2) is 14.7 Å². The van der Waals surface area contributed by atoms with E-state index in [1.54, 1.807) is 0 Å². The Balaban J connectivity index is 2.41. The van der Waals surface area contributed by atoms with Gasteiger partial charge in [0, 0.05) is 0 Å². The van der Waals surface area contributed by atoms with E-state index >= 15 is 0 Å². The first-order valence-corrected chi connectivity index (χ1v) is 4.96. The minimum atomic E-state index is -5.19. The summed E-state index contributed by atoms with van der Waals surface area (Å²) in [5.41, 5.74) is -0.736. The zero-order valence-electron chi connectivity index (χ0n) is 9.14. The predicted octanol–water partition coefficient (Wildman–Crippen LogP) is -1.07. The van der Waals surface area contributed by atoms with Gasteiger partial charge in [-0.15, -0.1) is 0 Å². The van der Waals surface area contributed by atoms with Crippen LogP contribution in [0.4, 0.5) is 13.2 Å². The minimum Gasteiger partial charge on any atom is -0.480 e. The van der Waals surface area contributed by atoms with E-state index in [0.717, 1.165) is 4.57 Å². The highest BCUT2D eigenvalue weighted by Gasteiger charge is 2.48. The molecule has 1 unspecified atom stereocenters. The minimum absolute atomic E-state index is 0.125. The van der Waals surface area contributed by atoms with Crippen LogP contribution in [-0.2, 0) is 22.7 Å². The first-order valence-electron chi connectivity index (χ1n) is 4.96. The van der Waals surface area contributed by atoms with Gasteiger partial charge in [-0.2, -0.15) is 18.3 Å². The van der Waals surface area contributed by atoms with Crippen molar-refractivity contribution in [2.75, 3.05) is 0 Å². The Labute approximate surface area is 102 Å². The van der Waals surface area contributed by atoms with Gasteiger partial charge in [-0.3, -0.25) is 9.36 Å². The maximum absolute atomic E-state index is 12.4. The van der Waals surface area contributed by atoms with Crippen molar-refractivity contribution in [1.29, 1.82) is 0 Å². The number of hydrogen-bond donors (Lipinski definition) is 2. The van der Waals surface area contributed by atoms with Crippen LogP contribution in [0.1, 0.15) is 5.82 Å². The molecule has 2 N–H and O–H groups in total. The van der Waals surface area contributed by atoms with Gasteiger partial charge in [-0.05, 0) is 0 Å². The number of rotatable bonds is 1. The maximum Gasteiger partial charge on any atom is 0.471 e. The van der Waals surface area contributed by atoms with Crippen molar-refractivity contribution in [3.05, 3.63) is 16.3 Å². The number of carbonyl (C=O) groups excluding carboxylic acids is 1. The molecule has 0 aliphatic carbocycles. The first kappa shape index (κ1) is 13.1. The van der Waals surface area contributed by atoms with Crippen LogP contribution in [0.25, 0.3) is 0 Å². The molecule has 8 nitrogen and oxygen atoms in total. The number of H-pyrrole nitrogens is 1. The van der Waals surface area contributed by atoms with Crippen LogP contribution >= 0.6 is 0 Å². The number of carboxylic acid groups (broad SMARTS) is 1. The van der Waals surface area contributed by atoms with Crippen molar-refractivity contribution in [3.8, 4) is 0 Å². The summed E-state index contributed by atoms with van der Waals surface area (Å²) in [7, 11) is 0. The van der Waals surface area contributed by atoms with Gasteiger partial charge in [0.1, 0.15) is 6.04 Å². The average molecular weight is 280 g/mol. The van der Waals surface area contributed by atoms with E-state index in [2.05, 4.69) is 5.10 Å². The molecule has 2 rings (SSSR count). The Kier molecular flexibility index (Phi) is 2.83. The van der Waals surface area contributed by atoms with Crippen molar-refractivity contribution in [3.63, 3.8) is 0 Å². The summed E-state index contributed by atoms with van der Waals surface area (Å²) >= 11 is 0. The van der Waals surface area contributed by atoms with Crippen LogP contribution in [0, 0.1) is 0 Å². The van der Waals surface area contributed by atoms with Crippen molar-refractivity contribution in [1.82, 2.24) is 19.7 Å². The summed E-state index contributed by atoms with van der Waals surface area (Å²) in [6, 6.07) is -1.77. The summed E-state index contributed by atoms with van der Waals surface area (Å²) < 4.78 is 38.0. The Morgan fingerprint density at radius 1 is 1.42 bits per heavy atom. The Morgan fingerprint density at radius 2 is 2.05 bits per heavy atom. The Bertz CT molecular complexity index is 590. The number of carboxylic acids is 1. The molecule has 1 aliphatic heterocycles. The standard InChI is InChI=1S/C8H7F3N4O4/c9-8(10,11)6(18)14-2-4-12-13-7(19)15(4)1-3(14)5(16)17/h3H,1-2H2,(H,13,19)(H,16,17). The molecule has 1 atom stereocenters. The lowest BCUT2D eigenvalue weighted by Gasteiger charge is -2.32. The van der Waals surface area contributed by atoms with E-state index in [1.807, 2.05) is 5.10 Å². The molecule has 0 radical (unpaired) electrons. The molecular weight excluding hydrogens is 273 g/mol. The number of amides is 1. The molecule has 0 bridgehead atoms. The molecule has 1 aliphatic rings. The number of aromatic nitrogens is 3. The molecule has 0 saturated heterocycles. The van der Waals surface area contributed by atoms with E-state index in [1.165, 1.54) is 0 Å². The topological polar surface area (TPSA) is 108 Å². The summed E-state index contributed by atoms with van der Waals surface area (Å²) in [5, 5.41) is 14.3. The third kappa shape index (κ3) is 2.18. The second kappa shape index (κ2) is 4.10. The van der Waals surface area contributed by atoms with Crippen LogP contribution in [0.15, 0.2) is 4.79 Å². The van der Waals surface area contributed by atoms with Crippen molar-refractivity contribution in [2.45, 2.75) is 25.3 Å². The highest BCUT2D eigenvalue weighted by Crippen LogP contribution is 2.24. The maximum atomic E-state index is 12.4. The average Bonchev–Trinajstić information content (AvgIpc) is 2.67. The van der Waals surface area contributed by atoms with Gasteiger partial charge in [-0.1, -0.05) is 0 Å². The van der Waals surface area contributed by atoms with Crippen molar-refractivity contribution < 1.29 is 27.9 Å². The SMILES string of the molecule is O=C(O)C1Cn2c(n[nH]c2=O)CN1C(=O)C(F)(F)F. The molecule has 1 aromatic rings. The lowest BCUT2D eigenvalue weighted by atomic mass is 10.2. The van der Waals surface area contributed by atoms with Crippen LogP contribution in [0.3, 0.4) is 0 Å². The molecule has 0 spiro atoms. The number of carbonyl (C=O) groups is 2. The number of aromatic amines is 1. The second-order valence-electron chi connectivity index (χ2n) is 3.84. The van der Waals surface area contributed by atoms with E-state index < -0.39 is 42.9 Å². The third-order valence-corrected chi connectivity index (χ3v) is 2.67. The monoisotopic (exact) mass is 280 g/mol. The summed E-state index contributed by atoms with van der Waals surface area (Å²) in [4.78, 5) is 33.5. The van der Waals surface area contributed by atoms with E-state index in [0.29, 0.717) is 0 Å². The summed E-state index contributed by atoms with van der Waals surface area (Å²) in [6.07, 6.45) is -5.19. The van der Waals surface area contributed by atoms with Crippen LogP contribution in [-0.4, -0.2) is 48.9 Å². The van der Waals surface area contributed by atoms with E-state index in [4.69, 9.17) is 5.11 Å². The van der Waals surface area contributed by atoms with Crippen LogP contribution < -0.4 is 5.69 Å². The zero-order chi connectivity index (χ0) is 14.4. The lowest BCUT2D eigenvalue weighted by molar-refractivity contribution is -0.192. The van der Waals surface area contributed by atoms with E-state index in [9.17, 15) is 27.6 Å². The van der Waals surface area contributed by atoms with Gasteiger partial charge >= 0.3 is 23.7 Å². The number of nitrogens with zero attached hydrogens (tertiary/aromatic N) is 3. The number of aliphatic carboxylic acids is 1. The number of fused-ring (bicyclic) bond motifs is 1. The molecule has 1 aromatic heterocycles. The Morgan fingerprint density at radius 3 is 2.58 bits per heavy atom. The fourth-order valence-electron chi connectivity index (χ4n) is 1.78. The molecular formula is C8H7F3N4O4. The number of hydrogen-bond acceptors (Lipinski definition) is 4. The third-order valence-electron chi connectivity index (χ3n) is 2.67. The number of nitrogens with one attached hydrogen (secondary N) is 1. The van der Waals surface area contributed by atoms with Crippen molar-refractivity contribution in [2.24, 2.45) is 0 Å². The smallest absolute Gasteiger partial charge is 0.471 e. The molecule has 104 valence electrons. The highest BCUT2D eigenvalue weighted by molar-refractivity contribution is 5.87. The normalized spacial score (nSPS) is 19.1. The van der Waals surface area contributed by atoms with Gasteiger partial charge < -0.3 is 10.0 Å². The van der Waals surface area contributed by atoms with Gasteiger partial charge in [0.2, 0.25) is 0 Å². The molecule has 19 heavy (non-hydrogen) atoms. The lowest BCUT2D eigenvalue weighted by Crippen LogP contribution is -2.55. The predicted molar refractivity (Wildman–Crippen MR) is 50.9 cm³/mol. The van der Waals surface area contributed by atoms with Gasteiger partial charge in [0.15, 0.2) is 5.82 Å². The number of halogens is 3. The summed E-state index contributed by atoms with van der Waals surface area (Å²) in [6.45, 7) is -1.28. The molecule has 0 aromatic carbocycles. The Hall–Kier alpha value is -2.33. The van der Waals surface area contributed by atoms with Crippen molar-refractivity contribution >= 4 is 11.9 Å². The van der Waals surface area contributed by atoms with Crippen LogP contribution in [0.2, 0.25) is 0 Å². The number of alkyl halides is 3. The highest BCUT2D eigenvalue weighted by atomic mass is 19.4.